The lowest BCUT2D eigenvalue weighted by Gasteiger charge is -2.44. The molecule has 2 aliphatic rings. The highest BCUT2D eigenvalue weighted by Gasteiger charge is 2.45. The molecular weight excluding hydrogens is 254 g/mol. The van der Waals surface area contributed by atoms with Gasteiger partial charge in [-0.25, -0.2) is 0 Å². The number of hydrogen-bond acceptors (Lipinski definition) is 4. The Labute approximate surface area is 121 Å². The van der Waals surface area contributed by atoms with Crippen molar-refractivity contribution in [2.45, 2.75) is 64.5 Å². The summed E-state index contributed by atoms with van der Waals surface area (Å²) in [6, 6.07) is 0.265. The third-order valence-electron chi connectivity index (χ3n) is 4.76. The van der Waals surface area contributed by atoms with Crippen molar-refractivity contribution < 1.29 is 14.3 Å². The van der Waals surface area contributed by atoms with Crippen molar-refractivity contribution in [1.82, 2.24) is 0 Å². The fourth-order valence-corrected chi connectivity index (χ4v) is 3.90. The average molecular weight is 281 g/mol. The SMILES string of the molecule is CC(C)(C)OC(=O)C1CCC2CC(N)CCC2C1C=O. The van der Waals surface area contributed by atoms with Gasteiger partial charge in [0.05, 0.1) is 5.92 Å². The molecule has 2 fully saturated rings. The lowest BCUT2D eigenvalue weighted by Crippen LogP contribution is -2.46. The van der Waals surface area contributed by atoms with Crippen LogP contribution >= 0.6 is 0 Å². The van der Waals surface area contributed by atoms with Gasteiger partial charge in [-0.2, -0.15) is 0 Å². The van der Waals surface area contributed by atoms with Gasteiger partial charge in [-0.05, 0) is 64.7 Å². The van der Waals surface area contributed by atoms with Crippen LogP contribution in [0.5, 0.6) is 0 Å². The molecular formula is C16H27NO3. The van der Waals surface area contributed by atoms with Crippen molar-refractivity contribution in [3.63, 3.8) is 0 Å². The molecule has 0 heterocycles. The first-order valence-corrected chi connectivity index (χ1v) is 7.75. The van der Waals surface area contributed by atoms with Crippen LogP contribution in [0.4, 0.5) is 0 Å². The van der Waals surface area contributed by atoms with Crippen molar-refractivity contribution >= 4 is 12.3 Å². The molecule has 2 rings (SSSR count). The van der Waals surface area contributed by atoms with Gasteiger partial charge in [0.1, 0.15) is 11.9 Å². The monoisotopic (exact) mass is 281 g/mol. The summed E-state index contributed by atoms with van der Waals surface area (Å²) < 4.78 is 5.49. The molecule has 0 aromatic rings. The number of fused-ring (bicyclic) bond motifs is 1. The molecule has 0 aromatic heterocycles. The maximum Gasteiger partial charge on any atom is 0.310 e. The zero-order valence-corrected chi connectivity index (χ0v) is 12.8. The van der Waals surface area contributed by atoms with Gasteiger partial charge in [0.2, 0.25) is 0 Å². The number of carbonyl (C=O) groups is 2. The predicted octanol–water partition coefficient (Wildman–Crippen LogP) is 2.30. The standard InChI is InChI=1S/C16H27NO3/c1-16(2,3)20-15(19)13-6-4-10-8-11(17)5-7-12(10)14(13)9-18/h9-14H,4-8,17H2,1-3H3. The summed E-state index contributed by atoms with van der Waals surface area (Å²) >= 11 is 0. The van der Waals surface area contributed by atoms with Crippen LogP contribution in [0.1, 0.15) is 52.9 Å². The van der Waals surface area contributed by atoms with E-state index in [1.165, 1.54) is 0 Å². The Balaban J connectivity index is 2.08. The second-order valence-corrected chi connectivity index (χ2v) is 7.43. The smallest absolute Gasteiger partial charge is 0.310 e. The summed E-state index contributed by atoms with van der Waals surface area (Å²) in [5.41, 5.74) is 5.54. The molecule has 4 nitrogen and oxygen atoms in total. The number of rotatable bonds is 2. The van der Waals surface area contributed by atoms with Gasteiger partial charge in [-0.1, -0.05) is 0 Å². The van der Waals surface area contributed by atoms with Crippen LogP contribution < -0.4 is 5.73 Å². The molecule has 20 heavy (non-hydrogen) atoms. The Hall–Kier alpha value is -0.900. The summed E-state index contributed by atoms with van der Waals surface area (Å²) in [6.45, 7) is 5.60. The van der Waals surface area contributed by atoms with Gasteiger partial charge in [-0.3, -0.25) is 4.79 Å². The summed E-state index contributed by atoms with van der Waals surface area (Å²) in [5.74, 6) is 0.174. The van der Waals surface area contributed by atoms with E-state index in [1.54, 1.807) is 0 Å². The number of carbonyl (C=O) groups excluding carboxylic acids is 2. The Morgan fingerprint density at radius 1 is 1.20 bits per heavy atom. The lowest BCUT2D eigenvalue weighted by atomic mass is 9.61. The van der Waals surface area contributed by atoms with Gasteiger partial charge in [-0.15, -0.1) is 0 Å². The van der Waals surface area contributed by atoms with Crippen LogP contribution in [-0.2, 0) is 14.3 Å². The van der Waals surface area contributed by atoms with Crippen molar-refractivity contribution in [2.24, 2.45) is 29.4 Å². The largest absolute Gasteiger partial charge is 0.460 e. The van der Waals surface area contributed by atoms with Crippen LogP contribution in [0.25, 0.3) is 0 Å². The minimum Gasteiger partial charge on any atom is -0.460 e. The minimum absolute atomic E-state index is 0.184. The van der Waals surface area contributed by atoms with Crippen LogP contribution in [0.3, 0.4) is 0 Å². The van der Waals surface area contributed by atoms with E-state index < -0.39 is 5.60 Å². The topological polar surface area (TPSA) is 69.4 Å². The fourth-order valence-electron chi connectivity index (χ4n) is 3.90. The van der Waals surface area contributed by atoms with E-state index in [4.69, 9.17) is 10.5 Å². The highest BCUT2D eigenvalue weighted by Crippen LogP contribution is 2.45. The molecule has 5 atom stereocenters. The van der Waals surface area contributed by atoms with E-state index in [-0.39, 0.29) is 23.8 Å². The molecule has 4 heteroatoms. The third kappa shape index (κ3) is 3.40. The lowest BCUT2D eigenvalue weighted by molar-refractivity contribution is -0.166. The molecule has 114 valence electrons. The van der Waals surface area contributed by atoms with Gasteiger partial charge < -0.3 is 15.3 Å². The first-order valence-electron chi connectivity index (χ1n) is 7.75. The van der Waals surface area contributed by atoms with Crippen LogP contribution in [0.15, 0.2) is 0 Å². The van der Waals surface area contributed by atoms with Crippen LogP contribution in [0, 0.1) is 23.7 Å². The van der Waals surface area contributed by atoms with E-state index in [1.807, 2.05) is 20.8 Å². The third-order valence-corrected chi connectivity index (χ3v) is 4.76. The first kappa shape index (κ1) is 15.5. The Morgan fingerprint density at radius 2 is 1.90 bits per heavy atom. The number of esters is 1. The molecule has 0 radical (unpaired) electrons. The van der Waals surface area contributed by atoms with E-state index in [2.05, 4.69) is 0 Å². The zero-order valence-electron chi connectivity index (χ0n) is 12.8. The fraction of sp³-hybridized carbons (Fsp3) is 0.875. The van der Waals surface area contributed by atoms with E-state index >= 15 is 0 Å². The van der Waals surface area contributed by atoms with Crippen molar-refractivity contribution in [2.75, 3.05) is 0 Å². The van der Waals surface area contributed by atoms with Crippen molar-refractivity contribution in [3.8, 4) is 0 Å². The van der Waals surface area contributed by atoms with Crippen LogP contribution in [0.2, 0.25) is 0 Å². The normalized spacial score (nSPS) is 37.9. The van der Waals surface area contributed by atoms with Gasteiger partial charge >= 0.3 is 5.97 Å². The zero-order chi connectivity index (χ0) is 14.9. The Kier molecular flexibility index (Phi) is 4.52. The van der Waals surface area contributed by atoms with Crippen molar-refractivity contribution in [1.29, 1.82) is 0 Å². The number of nitrogens with two attached hydrogens (primary N) is 1. The molecule has 0 aromatic carbocycles. The quantitative estimate of drug-likeness (QED) is 0.623. The molecule has 2 saturated carbocycles. The number of hydrogen-bond donors (Lipinski definition) is 1. The molecule has 5 unspecified atom stereocenters. The second kappa shape index (κ2) is 5.84. The van der Waals surface area contributed by atoms with Crippen LogP contribution in [-0.4, -0.2) is 23.9 Å². The molecule has 0 aliphatic heterocycles. The highest BCUT2D eigenvalue weighted by atomic mass is 16.6. The van der Waals surface area contributed by atoms with Gasteiger partial charge in [0.15, 0.2) is 0 Å². The number of aldehydes is 1. The van der Waals surface area contributed by atoms with Crippen molar-refractivity contribution in [3.05, 3.63) is 0 Å². The minimum atomic E-state index is -0.490. The first-order chi connectivity index (χ1) is 9.31. The highest BCUT2D eigenvalue weighted by molar-refractivity contribution is 5.77. The van der Waals surface area contributed by atoms with Gasteiger partial charge in [0, 0.05) is 12.0 Å². The Morgan fingerprint density at radius 3 is 2.50 bits per heavy atom. The molecule has 2 N–H and O–H groups in total. The van der Waals surface area contributed by atoms with Gasteiger partial charge in [0.25, 0.3) is 0 Å². The maximum absolute atomic E-state index is 12.3. The molecule has 0 amide bonds. The van der Waals surface area contributed by atoms with E-state index in [0.717, 1.165) is 38.4 Å². The molecule has 0 spiro atoms. The number of ether oxygens (including phenoxy) is 1. The second-order valence-electron chi connectivity index (χ2n) is 7.43. The van der Waals surface area contributed by atoms with E-state index in [9.17, 15) is 9.59 Å². The molecule has 0 saturated heterocycles. The maximum atomic E-state index is 12.3. The van der Waals surface area contributed by atoms with E-state index in [0.29, 0.717) is 11.8 Å². The predicted molar refractivity (Wildman–Crippen MR) is 76.9 cm³/mol. The Bertz CT molecular complexity index is 374. The summed E-state index contributed by atoms with van der Waals surface area (Å²) in [6.07, 6.45) is 5.66. The summed E-state index contributed by atoms with van der Waals surface area (Å²) in [4.78, 5) is 23.9. The average Bonchev–Trinajstić information content (AvgIpc) is 2.34. The summed E-state index contributed by atoms with van der Waals surface area (Å²) in [7, 11) is 0. The molecule has 2 aliphatic carbocycles. The molecule has 0 bridgehead atoms. The summed E-state index contributed by atoms with van der Waals surface area (Å²) in [5, 5.41) is 0.